The van der Waals surface area contributed by atoms with Gasteiger partial charge in [0, 0.05) is 0 Å². The van der Waals surface area contributed by atoms with E-state index in [-0.39, 0.29) is 0 Å². The quantitative estimate of drug-likeness (QED) is 0.310. The molecule has 1 saturated heterocycles. The van der Waals surface area contributed by atoms with Gasteiger partial charge in [0.1, 0.15) is 6.10 Å². The highest BCUT2D eigenvalue weighted by Crippen LogP contribution is 2.14. The number of ketones is 1. The zero-order valence-electron chi connectivity index (χ0n) is 6.01. The number of carbonyl (C=O) groups is 2. The number of ether oxygens (including phenoxy) is 1. The second kappa shape index (κ2) is 3.18. The van der Waals surface area contributed by atoms with Gasteiger partial charge < -0.3 is 20.1 Å². The van der Waals surface area contributed by atoms with Crippen molar-refractivity contribution in [3.05, 3.63) is 0 Å². The van der Waals surface area contributed by atoms with Gasteiger partial charge >= 0.3 is 5.97 Å². The number of cyclic esters (lactones) is 1. The largest absolute Gasteiger partial charge is 0.450 e. The first-order valence-corrected chi connectivity index (χ1v) is 3.29. The summed E-state index contributed by atoms with van der Waals surface area (Å²) in [7, 11) is 0. The van der Waals surface area contributed by atoms with Crippen molar-refractivity contribution in [2.75, 3.05) is 6.61 Å². The Hall–Kier alpha value is -0.980. The average Bonchev–Trinajstić information content (AvgIpc) is 2.32. The zero-order chi connectivity index (χ0) is 9.30. The Labute approximate surface area is 67.4 Å². The molecule has 1 rings (SSSR count). The van der Waals surface area contributed by atoms with Crippen LogP contribution in [0.5, 0.6) is 0 Å². The van der Waals surface area contributed by atoms with Crippen LogP contribution in [0.3, 0.4) is 0 Å². The molecule has 6 heteroatoms. The van der Waals surface area contributed by atoms with Gasteiger partial charge in [-0.15, -0.1) is 0 Å². The number of aliphatic hydroxyl groups is 3. The zero-order valence-corrected chi connectivity index (χ0v) is 6.01. The molecule has 0 radical (unpaired) electrons. The number of hydrogen-bond donors (Lipinski definition) is 3. The Bertz CT molecular complexity index is 212. The molecule has 0 bridgehead atoms. The molecule has 0 spiro atoms. The van der Waals surface area contributed by atoms with E-state index >= 15 is 0 Å². The molecule has 0 aromatic rings. The molecule has 3 N–H and O–H groups in total. The van der Waals surface area contributed by atoms with Gasteiger partial charge in [0.15, 0.2) is 12.2 Å². The molecule has 2 unspecified atom stereocenters. The second-order valence-corrected chi connectivity index (χ2v) is 2.43. The Morgan fingerprint density at radius 3 is 2.42 bits per heavy atom. The van der Waals surface area contributed by atoms with Crippen molar-refractivity contribution in [1.29, 1.82) is 0 Å². The molecule has 0 aliphatic carbocycles. The number of carbonyl (C=O) groups excluding carboxylic acids is 2. The summed E-state index contributed by atoms with van der Waals surface area (Å²) in [6, 6.07) is 0. The van der Waals surface area contributed by atoms with Crippen LogP contribution in [-0.2, 0) is 14.3 Å². The Morgan fingerprint density at radius 2 is 2.08 bits per heavy atom. The van der Waals surface area contributed by atoms with Crippen molar-refractivity contribution in [3.63, 3.8) is 0 Å². The minimum Gasteiger partial charge on any atom is -0.450 e. The van der Waals surface area contributed by atoms with Gasteiger partial charge in [0.25, 0.3) is 5.78 Å². The third kappa shape index (κ3) is 1.31. The molecule has 0 aromatic carbocycles. The summed E-state index contributed by atoms with van der Waals surface area (Å²) < 4.78 is 4.29. The van der Waals surface area contributed by atoms with Crippen LogP contribution in [0.1, 0.15) is 0 Å². The molecule has 1 heterocycles. The lowest BCUT2D eigenvalue weighted by molar-refractivity contribution is -0.152. The predicted octanol–water partition coefficient (Wildman–Crippen LogP) is -2.81. The van der Waals surface area contributed by atoms with Crippen molar-refractivity contribution < 1.29 is 29.6 Å². The Kier molecular flexibility index (Phi) is 2.41. The lowest BCUT2D eigenvalue weighted by Crippen LogP contribution is -2.38. The van der Waals surface area contributed by atoms with Crippen LogP contribution in [-0.4, -0.2) is 52.0 Å². The monoisotopic (exact) mass is 176 g/mol. The lowest BCUT2D eigenvalue weighted by Gasteiger charge is -2.15. The first kappa shape index (κ1) is 9.11. The fraction of sp³-hybridized carbons (Fsp3) is 0.667. The van der Waals surface area contributed by atoms with Crippen LogP contribution >= 0.6 is 0 Å². The van der Waals surface area contributed by atoms with E-state index in [9.17, 15) is 9.59 Å². The van der Waals surface area contributed by atoms with Crippen molar-refractivity contribution in [3.8, 4) is 0 Å². The van der Waals surface area contributed by atoms with Gasteiger partial charge in [-0.3, -0.25) is 4.79 Å². The maximum absolute atomic E-state index is 10.6. The molecule has 0 amide bonds. The van der Waals surface area contributed by atoms with Crippen LogP contribution in [0.4, 0.5) is 0 Å². The molecular weight excluding hydrogens is 168 g/mol. The second-order valence-electron chi connectivity index (χ2n) is 2.43. The van der Waals surface area contributed by atoms with Gasteiger partial charge in [0.05, 0.1) is 6.61 Å². The predicted molar refractivity (Wildman–Crippen MR) is 34.0 cm³/mol. The van der Waals surface area contributed by atoms with Crippen LogP contribution in [0.25, 0.3) is 0 Å². The summed E-state index contributed by atoms with van der Waals surface area (Å²) >= 11 is 0. The SMILES string of the molecule is O=C1O[C@@H](C(O)CO)C(O)C1=O. The van der Waals surface area contributed by atoms with Gasteiger partial charge in [-0.2, -0.15) is 0 Å². The number of Topliss-reactive ketones (excluding diaryl/α,β-unsaturated/α-hetero) is 1. The summed E-state index contributed by atoms with van der Waals surface area (Å²) in [4.78, 5) is 21.1. The van der Waals surface area contributed by atoms with E-state index in [0.717, 1.165) is 0 Å². The first-order chi connectivity index (χ1) is 5.57. The minimum absolute atomic E-state index is 0.678. The van der Waals surface area contributed by atoms with Gasteiger partial charge in [-0.1, -0.05) is 0 Å². The Morgan fingerprint density at radius 1 is 1.50 bits per heavy atom. The molecular formula is C6H8O6. The molecule has 1 aliphatic heterocycles. The van der Waals surface area contributed by atoms with Crippen LogP contribution in [0.2, 0.25) is 0 Å². The van der Waals surface area contributed by atoms with Crippen molar-refractivity contribution >= 4 is 11.8 Å². The maximum Gasteiger partial charge on any atom is 0.378 e. The smallest absolute Gasteiger partial charge is 0.378 e. The van der Waals surface area contributed by atoms with Crippen LogP contribution in [0.15, 0.2) is 0 Å². The molecule has 1 fully saturated rings. The van der Waals surface area contributed by atoms with Crippen molar-refractivity contribution in [2.24, 2.45) is 0 Å². The van der Waals surface area contributed by atoms with Gasteiger partial charge in [-0.25, -0.2) is 4.79 Å². The molecule has 0 saturated carbocycles. The van der Waals surface area contributed by atoms with Crippen LogP contribution < -0.4 is 0 Å². The maximum atomic E-state index is 10.6. The number of aliphatic hydroxyl groups excluding tert-OH is 3. The normalized spacial score (nSPS) is 31.9. The fourth-order valence-corrected chi connectivity index (χ4v) is 0.909. The van der Waals surface area contributed by atoms with E-state index in [4.69, 9.17) is 15.3 Å². The highest BCUT2D eigenvalue weighted by Gasteiger charge is 2.45. The molecule has 3 atom stereocenters. The van der Waals surface area contributed by atoms with Crippen molar-refractivity contribution in [1.82, 2.24) is 0 Å². The summed E-state index contributed by atoms with van der Waals surface area (Å²) in [5.74, 6) is -2.27. The molecule has 0 aromatic heterocycles. The molecule has 6 nitrogen and oxygen atoms in total. The minimum atomic E-state index is -1.67. The summed E-state index contributed by atoms with van der Waals surface area (Å²) in [5, 5.41) is 26.3. The Balaban J connectivity index is 2.70. The third-order valence-electron chi connectivity index (χ3n) is 1.59. The molecule has 68 valence electrons. The number of hydrogen-bond acceptors (Lipinski definition) is 6. The van der Waals surface area contributed by atoms with E-state index in [1.807, 2.05) is 0 Å². The fourth-order valence-electron chi connectivity index (χ4n) is 0.909. The molecule has 1 aliphatic rings. The van der Waals surface area contributed by atoms with E-state index in [1.165, 1.54) is 0 Å². The van der Waals surface area contributed by atoms with E-state index in [2.05, 4.69) is 4.74 Å². The highest BCUT2D eigenvalue weighted by atomic mass is 16.6. The summed E-state index contributed by atoms with van der Waals surface area (Å²) in [6.45, 7) is -0.678. The van der Waals surface area contributed by atoms with Crippen molar-refractivity contribution in [2.45, 2.75) is 18.3 Å². The highest BCUT2D eigenvalue weighted by molar-refractivity contribution is 6.37. The average molecular weight is 176 g/mol. The van der Waals surface area contributed by atoms with E-state index < -0.39 is 36.7 Å². The first-order valence-electron chi connectivity index (χ1n) is 3.29. The molecule has 12 heavy (non-hydrogen) atoms. The van der Waals surface area contributed by atoms with E-state index in [0.29, 0.717) is 0 Å². The standard InChI is InChI=1S/C6H8O6/c7-1-2(8)5-3(9)4(10)6(11)12-5/h2-3,5,7-9H,1H2/t2?,3?,5-/m0/s1. The van der Waals surface area contributed by atoms with Gasteiger partial charge in [-0.05, 0) is 0 Å². The van der Waals surface area contributed by atoms with E-state index in [1.54, 1.807) is 0 Å². The lowest BCUT2D eigenvalue weighted by atomic mass is 10.1. The third-order valence-corrected chi connectivity index (χ3v) is 1.59. The van der Waals surface area contributed by atoms with Gasteiger partial charge in [0.2, 0.25) is 0 Å². The summed E-state index contributed by atoms with van der Waals surface area (Å²) in [5.41, 5.74) is 0. The topological polar surface area (TPSA) is 104 Å². The summed E-state index contributed by atoms with van der Waals surface area (Å²) in [6.07, 6.45) is -4.43. The van der Waals surface area contributed by atoms with Crippen LogP contribution in [0, 0.1) is 0 Å². The number of rotatable bonds is 2. The number of esters is 1.